The van der Waals surface area contributed by atoms with E-state index in [9.17, 15) is 22.8 Å². The fraction of sp³-hybridized carbons (Fsp3) is 0.440. The molecule has 192 valence electrons. The largest absolute Gasteiger partial charge is 0.494 e. The summed E-state index contributed by atoms with van der Waals surface area (Å²) in [6.45, 7) is 8.27. The van der Waals surface area contributed by atoms with Gasteiger partial charge in [0, 0.05) is 17.9 Å². The Balaban J connectivity index is 1.36. The fourth-order valence-electron chi connectivity index (χ4n) is 4.15. The van der Waals surface area contributed by atoms with Crippen LogP contribution in [0.1, 0.15) is 46.1 Å². The molecule has 11 heteroatoms. The number of hydrogen-bond donors (Lipinski definition) is 2. The molecule has 2 aliphatic rings. The maximum Gasteiger partial charge on any atom is 0.494 e. The summed E-state index contributed by atoms with van der Waals surface area (Å²) in [5, 5.41) is 5.41. The predicted octanol–water partition coefficient (Wildman–Crippen LogP) is 4.64. The standard InChI is InChI=1S/C25H29BF3N3O4/c1-23(2)24(3,4)36-26(35-23)17-9-13-18(14-10-17)30-21(33)20-6-5-15-32(20)22(34)31-19-11-7-16(8-12-19)25(27,28)29/h7-14,20H,5-6,15H2,1-4H3,(H,30,33)(H,31,34)/t20-/m1/s1. The highest BCUT2D eigenvalue weighted by Crippen LogP contribution is 2.36. The molecule has 2 N–H and O–H groups in total. The lowest BCUT2D eigenvalue weighted by Gasteiger charge is -2.32. The third kappa shape index (κ3) is 5.36. The molecule has 2 aromatic rings. The van der Waals surface area contributed by atoms with Crippen molar-refractivity contribution in [2.24, 2.45) is 0 Å². The van der Waals surface area contributed by atoms with E-state index in [4.69, 9.17) is 9.31 Å². The molecule has 2 heterocycles. The molecule has 2 aliphatic heterocycles. The van der Waals surface area contributed by atoms with E-state index in [1.807, 2.05) is 39.8 Å². The molecule has 2 saturated heterocycles. The van der Waals surface area contributed by atoms with Gasteiger partial charge in [-0.25, -0.2) is 4.79 Å². The fourth-order valence-corrected chi connectivity index (χ4v) is 4.15. The minimum atomic E-state index is -4.46. The first kappa shape index (κ1) is 26.0. The molecule has 2 fully saturated rings. The van der Waals surface area contributed by atoms with Crippen molar-refractivity contribution >= 4 is 35.9 Å². The lowest BCUT2D eigenvalue weighted by Crippen LogP contribution is -2.45. The SMILES string of the molecule is CC1(C)OB(c2ccc(NC(=O)[C@H]3CCCN3C(=O)Nc3ccc(C(F)(F)F)cc3)cc2)OC1(C)C. The van der Waals surface area contributed by atoms with Crippen molar-refractivity contribution in [2.75, 3.05) is 17.2 Å². The average molecular weight is 503 g/mol. The predicted molar refractivity (Wildman–Crippen MR) is 131 cm³/mol. The van der Waals surface area contributed by atoms with E-state index in [1.165, 1.54) is 17.0 Å². The molecule has 0 saturated carbocycles. The van der Waals surface area contributed by atoms with E-state index in [2.05, 4.69) is 10.6 Å². The highest BCUT2D eigenvalue weighted by molar-refractivity contribution is 6.62. The molecule has 7 nitrogen and oxygen atoms in total. The number of amides is 3. The summed E-state index contributed by atoms with van der Waals surface area (Å²) in [6, 6.07) is 10.1. The average Bonchev–Trinajstić information content (AvgIpc) is 3.36. The normalized spacial score (nSPS) is 20.9. The topological polar surface area (TPSA) is 79.9 Å². The molecule has 0 spiro atoms. The van der Waals surface area contributed by atoms with Crippen LogP contribution in [0.15, 0.2) is 48.5 Å². The number of likely N-dealkylation sites (tertiary alicyclic amines) is 1. The zero-order chi connectivity index (χ0) is 26.3. The van der Waals surface area contributed by atoms with E-state index in [-0.39, 0.29) is 11.6 Å². The quantitative estimate of drug-likeness (QED) is 0.596. The number of nitrogens with one attached hydrogen (secondary N) is 2. The number of urea groups is 1. The van der Waals surface area contributed by atoms with Gasteiger partial charge in [0.05, 0.1) is 16.8 Å². The smallest absolute Gasteiger partial charge is 0.399 e. The molecular formula is C25H29BF3N3O4. The van der Waals surface area contributed by atoms with Gasteiger partial charge in [-0.3, -0.25) is 4.79 Å². The minimum absolute atomic E-state index is 0.220. The van der Waals surface area contributed by atoms with Crippen molar-refractivity contribution in [1.82, 2.24) is 4.90 Å². The maximum atomic E-state index is 12.9. The van der Waals surface area contributed by atoms with Crippen LogP contribution in [0.4, 0.5) is 29.3 Å². The molecule has 0 aliphatic carbocycles. The van der Waals surface area contributed by atoms with Gasteiger partial charge in [-0.2, -0.15) is 13.2 Å². The van der Waals surface area contributed by atoms with Gasteiger partial charge in [0.2, 0.25) is 5.91 Å². The number of rotatable bonds is 4. The van der Waals surface area contributed by atoms with Gasteiger partial charge in [0.25, 0.3) is 0 Å². The Morgan fingerprint density at radius 1 is 0.917 bits per heavy atom. The summed E-state index contributed by atoms with van der Waals surface area (Å²) < 4.78 is 50.4. The van der Waals surface area contributed by atoms with E-state index in [1.54, 1.807) is 12.1 Å². The Bertz CT molecular complexity index is 1100. The van der Waals surface area contributed by atoms with Gasteiger partial charge in [-0.05, 0) is 82.4 Å². The summed E-state index contributed by atoms with van der Waals surface area (Å²) in [4.78, 5) is 27.1. The highest BCUT2D eigenvalue weighted by Gasteiger charge is 2.51. The first-order chi connectivity index (χ1) is 16.8. The second-order valence-electron chi connectivity index (χ2n) is 10.1. The summed E-state index contributed by atoms with van der Waals surface area (Å²) in [5.74, 6) is -0.335. The molecule has 2 aromatic carbocycles. The monoisotopic (exact) mass is 503 g/mol. The van der Waals surface area contributed by atoms with Crippen LogP contribution in [0.2, 0.25) is 0 Å². The van der Waals surface area contributed by atoms with Crippen LogP contribution < -0.4 is 16.1 Å². The zero-order valence-electron chi connectivity index (χ0n) is 20.6. The second-order valence-corrected chi connectivity index (χ2v) is 10.1. The van der Waals surface area contributed by atoms with Crippen molar-refractivity contribution in [3.63, 3.8) is 0 Å². The third-order valence-electron chi connectivity index (χ3n) is 6.98. The number of halogens is 3. The van der Waals surface area contributed by atoms with Crippen molar-refractivity contribution in [3.8, 4) is 0 Å². The highest BCUT2D eigenvalue weighted by atomic mass is 19.4. The number of nitrogens with zero attached hydrogens (tertiary/aromatic N) is 1. The summed E-state index contributed by atoms with van der Waals surface area (Å²) >= 11 is 0. The molecule has 1 atom stereocenters. The van der Waals surface area contributed by atoms with Gasteiger partial charge in [-0.15, -0.1) is 0 Å². The van der Waals surface area contributed by atoms with Crippen LogP contribution in [0, 0.1) is 0 Å². The zero-order valence-corrected chi connectivity index (χ0v) is 20.6. The summed E-state index contributed by atoms with van der Waals surface area (Å²) in [5.41, 5.74) is -0.115. The van der Waals surface area contributed by atoms with Gasteiger partial charge in [0.1, 0.15) is 6.04 Å². The van der Waals surface area contributed by atoms with E-state index < -0.39 is 42.1 Å². The van der Waals surface area contributed by atoms with Crippen LogP contribution in [-0.4, -0.2) is 47.7 Å². The van der Waals surface area contributed by atoms with Crippen LogP contribution in [-0.2, 0) is 20.3 Å². The molecule has 36 heavy (non-hydrogen) atoms. The Labute approximate surface area is 208 Å². The number of carbonyl (C=O) groups is 2. The van der Waals surface area contributed by atoms with Crippen molar-refractivity contribution in [3.05, 3.63) is 54.1 Å². The van der Waals surface area contributed by atoms with Crippen molar-refractivity contribution in [2.45, 2.75) is 64.0 Å². The van der Waals surface area contributed by atoms with Gasteiger partial charge in [-0.1, -0.05) is 12.1 Å². The van der Waals surface area contributed by atoms with Gasteiger partial charge < -0.3 is 24.8 Å². The lowest BCUT2D eigenvalue weighted by atomic mass is 9.79. The number of alkyl halides is 3. The molecule has 0 bridgehead atoms. The number of carbonyl (C=O) groups excluding carboxylic acids is 2. The second kappa shape index (κ2) is 9.44. The molecule has 4 rings (SSSR count). The Kier molecular flexibility index (Phi) is 6.83. The number of benzene rings is 2. The third-order valence-corrected chi connectivity index (χ3v) is 6.98. The van der Waals surface area contributed by atoms with Gasteiger partial charge >= 0.3 is 19.3 Å². The van der Waals surface area contributed by atoms with Crippen LogP contribution in [0.5, 0.6) is 0 Å². The Morgan fingerprint density at radius 3 is 2.00 bits per heavy atom. The summed E-state index contributed by atoms with van der Waals surface area (Å²) in [7, 11) is -0.515. The van der Waals surface area contributed by atoms with E-state index in [0.29, 0.717) is 25.1 Å². The molecular weight excluding hydrogens is 474 g/mol. The first-order valence-electron chi connectivity index (χ1n) is 11.8. The van der Waals surface area contributed by atoms with Gasteiger partial charge in [0.15, 0.2) is 0 Å². The van der Waals surface area contributed by atoms with E-state index in [0.717, 1.165) is 17.6 Å². The van der Waals surface area contributed by atoms with E-state index >= 15 is 0 Å². The lowest BCUT2D eigenvalue weighted by molar-refractivity contribution is -0.137. The molecule has 0 aromatic heterocycles. The Hall–Kier alpha value is -3.05. The van der Waals surface area contributed by atoms with Crippen LogP contribution in [0.25, 0.3) is 0 Å². The van der Waals surface area contributed by atoms with Crippen LogP contribution >= 0.6 is 0 Å². The minimum Gasteiger partial charge on any atom is -0.399 e. The summed E-state index contributed by atoms with van der Waals surface area (Å²) in [6.07, 6.45) is -3.33. The molecule has 3 amide bonds. The van der Waals surface area contributed by atoms with Crippen LogP contribution in [0.3, 0.4) is 0 Å². The molecule has 0 unspecified atom stereocenters. The number of anilines is 2. The first-order valence-corrected chi connectivity index (χ1v) is 11.8. The Morgan fingerprint density at radius 2 is 1.44 bits per heavy atom. The van der Waals surface area contributed by atoms with Crippen molar-refractivity contribution in [1.29, 1.82) is 0 Å². The number of hydrogen-bond acceptors (Lipinski definition) is 4. The maximum absolute atomic E-state index is 12.9. The molecule has 0 radical (unpaired) electrons. The van der Waals surface area contributed by atoms with Crippen molar-refractivity contribution < 1.29 is 32.1 Å².